The summed E-state index contributed by atoms with van der Waals surface area (Å²) in [5, 5.41) is 7.30. The van der Waals surface area contributed by atoms with E-state index in [2.05, 4.69) is 31.2 Å². The Morgan fingerprint density at radius 1 is 0.875 bits per heavy atom. The Morgan fingerprint density at radius 2 is 1.53 bits per heavy atom. The summed E-state index contributed by atoms with van der Waals surface area (Å²) in [6.45, 7) is 0. The van der Waals surface area contributed by atoms with E-state index < -0.39 is 11.8 Å². The molecule has 0 unspecified atom stereocenters. The summed E-state index contributed by atoms with van der Waals surface area (Å²) in [4.78, 5) is 33.5. The van der Waals surface area contributed by atoms with Gasteiger partial charge in [-0.15, -0.1) is 5.10 Å². The third-order valence-electron chi connectivity index (χ3n) is 4.44. The smallest absolute Gasteiger partial charge is 0.309 e. The molecule has 160 valence electrons. The summed E-state index contributed by atoms with van der Waals surface area (Å²) in [6, 6.07) is 21.6. The maximum absolute atomic E-state index is 12.7. The number of aromatic nitrogens is 4. The molecule has 0 atom stereocenters. The van der Waals surface area contributed by atoms with E-state index in [-0.39, 0.29) is 16.5 Å². The van der Waals surface area contributed by atoms with Gasteiger partial charge in [0.05, 0.1) is 5.69 Å². The zero-order valence-electron chi connectivity index (χ0n) is 16.9. The van der Waals surface area contributed by atoms with E-state index in [1.54, 1.807) is 11.7 Å². The van der Waals surface area contributed by atoms with Crippen LogP contribution in [0.15, 0.2) is 72.8 Å². The predicted molar refractivity (Wildman–Crippen MR) is 121 cm³/mol. The number of hydrogen-bond donors (Lipinski definition) is 3. The third kappa shape index (κ3) is 4.57. The van der Waals surface area contributed by atoms with Crippen LogP contribution in [0.3, 0.4) is 0 Å². The van der Waals surface area contributed by atoms with Gasteiger partial charge in [0, 0.05) is 18.2 Å². The first-order chi connectivity index (χ1) is 15.5. The van der Waals surface area contributed by atoms with Crippen molar-refractivity contribution in [1.82, 2.24) is 30.6 Å². The lowest BCUT2D eigenvalue weighted by atomic mass is 10.2. The molecule has 0 bridgehead atoms. The van der Waals surface area contributed by atoms with E-state index in [0.29, 0.717) is 11.6 Å². The van der Waals surface area contributed by atoms with Crippen molar-refractivity contribution in [1.29, 1.82) is 0 Å². The monoisotopic (exact) mass is 447 g/mol. The van der Waals surface area contributed by atoms with E-state index >= 15 is 0 Å². The molecule has 2 amide bonds. The number of hydrogen-bond acceptors (Lipinski definition) is 6. The standard InChI is InChI=1S/C22H18ClN7O2/c1-24-18-13-15(12-17(23)25-18)21(31)27-28-22(32)19-26-20(14-8-4-2-5-9-14)30(29-19)16-10-6-3-7-11-16/h2-13H,1H3,(H,24,25)(H,27,31)(H,28,32). The van der Waals surface area contributed by atoms with Crippen molar-refractivity contribution in [3.63, 3.8) is 0 Å². The number of rotatable bonds is 5. The number of anilines is 1. The van der Waals surface area contributed by atoms with Crippen molar-refractivity contribution in [2.45, 2.75) is 0 Å². The Hall–Kier alpha value is -4.24. The second-order valence-electron chi connectivity index (χ2n) is 6.59. The SMILES string of the molecule is CNc1cc(C(=O)NNC(=O)c2nc(-c3ccccc3)n(-c3ccccc3)n2)cc(Cl)n1. The quantitative estimate of drug-likeness (QED) is 0.320. The van der Waals surface area contributed by atoms with Crippen LogP contribution >= 0.6 is 11.6 Å². The number of para-hydroxylation sites is 1. The van der Waals surface area contributed by atoms with Crippen LogP contribution in [0, 0.1) is 0 Å². The van der Waals surface area contributed by atoms with Crippen molar-refractivity contribution < 1.29 is 9.59 Å². The zero-order chi connectivity index (χ0) is 22.5. The number of nitrogens with one attached hydrogen (secondary N) is 3. The Bertz CT molecular complexity index is 1200. The lowest BCUT2D eigenvalue weighted by Gasteiger charge is -2.07. The molecule has 0 aliphatic rings. The molecule has 10 heteroatoms. The maximum atomic E-state index is 12.7. The molecule has 2 aromatic heterocycles. The minimum absolute atomic E-state index is 0.100. The second kappa shape index (κ2) is 9.27. The summed E-state index contributed by atoms with van der Waals surface area (Å²) in [5.74, 6) is -0.418. The molecule has 0 aliphatic carbocycles. The van der Waals surface area contributed by atoms with Crippen LogP contribution in [0.25, 0.3) is 17.1 Å². The Labute approximate surface area is 188 Å². The van der Waals surface area contributed by atoms with E-state index in [0.717, 1.165) is 11.3 Å². The normalized spacial score (nSPS) is 10.4. The second-order valence-corrected chi connectivity index (χ2v) is 6.98. The van der Waals surface area contributed by atoms with Gasteiger partial charge in [0.25, 0.3) is 5.91 Å². The first-order valence-electron chi connectivity index (χ1n) is 9.59. The maximum Gasteiger partial charge on any atom is 0.309 e. The van der Waals surface area contributed by atoms with E-state index in [4.69, 9.17) is 11.6 Å². The molecule has 0 saturated heterocycles. The highest BCUT2D eigenvalue weighted by Gasteiger charge is 2.19. The molecular formula is C22H18ClN7O2. The largest absolute Gasteiger partial charge is 0.373 e. The molecule has 3 N–H and O–H groups in total. The van der Waals surface area contributed by atoms with Gasteiger partial charge in [0.1, 0.15) is 11.0 Å². The number of halogens is 1. The van der Waals surface area contributed by atoms with Gasteiger partial charge in [0.2, 0.25) is 5.82 Å². The fraction of sp³-hybridized carbons (Fsp3) is 0.0455. The average Bonchev–Trinajstić information content (AvgIpc) is 3.28. The molecule has 0 fully saturated rings. The van der Waals surface area contributed by atoms with E-state index in [1.807, 2.05) is 60.7 Å². The van der Waals surface area contributed by atoms with Crippen LogP contribution < -0.4 is 16.2 Å². The highest BCUT2D eigenvalue weighted by atomic mass is 35.5. The first-order valence-corrected chi connectivity index (χ1v) is 9.97. The van der Waals surface area contributed by atoms with Crippen LogP contribution in [0.2, 0.25) is 5.15 Å². The Morgan fingerprint density at radius 3 is 2.22 bits per heavy atom. The fourth-order valence-corrected chi connectivity index (χ4v) is 3.14. The van der Waals surface area contributed by atoms with Gasteiger partial charge in [-0.05, 0) is 24.3 Å². The molecule has 2 heterocycles. The number of amides is 2. The molecule has 0 spiro atoms. The number of benzene rings is 2. The van der Waals surface area contributed by atoms with Crippen molar-refractivity contribution >= 4 is 29.2 Å². The lowest BCUT2D eigenvalue weighted by molar-refractivity contribution is 0.0841. The number of nitrogens with zero attached hydrogens (tertiary/aromatic N) is 4. The highest BCUT2D eigenvalue weighted by Crippen LogP contribution is 2.21. The van der Waals surface area contributed by atoms with Gasteiger partial charge in [-0.2, -0.15) is 0 Å². The minimum Gasteiger partial charge on any atom is -0.373 e. The molecule has 0 saturated carbocycles. The summed E-state index contributed by atoms with van der Waals surface area (Å²) in [5.41, 5.74) is 6.44. The molecule has 4 rings (SSSR count). The minimum atomic E-state index is -0.667. The van der Waals surface area contributed by atoms with Crippen LogP contribution in [0.5, 0.6) is 0 Å². The van der Waals surface area contributed by atoms with Gasteiger partial charge in [-0.1, -0.05) is 60.1 Å². The van der Waals surface area contributed by atoms with Gasteiger partial charge in [-0.25, -0.2) is 14.6 Å². The summed E-state index contributed by atoms with van der Waals surface area (Å²) < 4.78 is 1.58. The Balaban J connectivity index is 1.57. The van der Waals surface area contributed by atoms with Crippen molar-refractivity contribution in [2.75, 3.05) is 12.4 Å². The van der Waals surface area contributed by atoms with Gasteiger partial charge in [0.15, 0.2) is 5.82 Å². The number of hydrazine groups is 1. The fourth-order valence-electron chi connectivity index (χ4n) is 2.93. The number of carbonyl (C=O) groups excluding carboxylic acids is 2. The van der Waals surface area contributed by atoms with E-state index in [1.165, 1.54) is 12.1 Å². The zero-order valence-corrected chi connectivity index (χ0v) is 17.7. The first kappa shape index (κ1) is 21.0. The number of carbonyl (C=O) groups is 2. The van der Waals surface area contributed by atoms with Crippen LogP contribution in [-0.2, 0) is 0 Å². The van der Waals surface area contributed by atoms with Gasteiger partial charge < -0.3 is 5.32 Å². The summed E-state index contributed by atoms with van der Waals surface area (Å²) in [6.07, 6.45) is 0. The summed E-state index contributed by atoms with van der Waals surface area (Å²) in [7, 11) is 1.65. The predicted octanol–water partition coefficient (Wildman–Crippen LogP) is 3.10. The average molecular weight is 448 g/mol. The molecule has 32 heavy (non-hydrogen) atoms. The van der Waals surface area contributed by atoms with Crippen molar-refractivity contribution in [3.05, 3.63) is 89.3 Å². The molecule has 0 radical (unpaired) electrons. The third-order valence-corrected chi connectivity index (χ3v) is 4.64. The lowest BCUT2D eigenvalue weighted by Crippen LogP contribution is -2.42. The molecule has 9 nitrogen and oxygen atoms in total. The molecule has 4 aromatic rings. The molecular weight excluding hydrogens is 430 g/mol. The number of pyridine rings is 1. The molecule has 0 aliphatic heterocycles. The van der Waals surface area contributed by atoms with Gasteiger partial charge >= 0.3 is 5.91 Å². The topological polar surface area (TPSA) is 114 Å². The highest BCUT2D eigenvalue weighted by molar-refractivity contribution is 6.29. The van der Waals surface area contributed by atoms with Gasteiger partial charge in [-0.3, -0.25) is 20.4 Å². The van der Waals surface area contributed by atoms with Crippen molar-refractivity contribution in [3.8, 4) is 17.1 Å². The Kier molecular flexibility index (Phi) is 6.09. The van der Waals surface area contributed by atoms with Crippen LogP contribution in [0.1, 0.15) is 21.0 Å². The van der Waals surface area contributed by atoms with Crippen molar-refractivity contribution in [2.24, 2.45) is 0 Å². The van der Waals surface area contributed by atoms with E-state index in [9.17, 15) is 9.59 Å². The molecule has 2 aromatic carbocycles. The summed E-state index contributed by atoms with van der Waals surface area (Å²) >= 11 is 5.93. The van der Waals surface area contributed by atoms with Crippen LogP contribution in [0.4, 0.5) is 5.82 Å². The van der Waals surface area contributed by atoms with Crippen LogP contribution in [-0.4, -0.2) is 38.6 Å².